The number of rotatable bonds is 1. The van der Waals surface area contributed by atoms with E-state index in [1.54, 1.807) is 0 Å². The minimum absolute atomic E-state index is 0.482. The summed E-state index contributed by atoms with van der Waals surface area (Å²) < 4.78 is 0. The minimum atomic E-state index is 0.482. The van der Waals surface area contributed by atoms with Gasteiger partial charge in [-0.05, 0) is 69.4 Å². The van der Waals surface area contributed by atoms with Gasteiger partial charge in [-0.3, -0.25) is 4.90 Å². The summed E-state index contributed by atoms with van der Waals surface area (Å²) in [6, 6.07) is 0.931. The monoisotopic (exact) mass is 234 g/mol. The molecule has 2 heteroatoms. The van der Waals surface area contributed by atoms with Gasteiger partial charge in [-0.2, -0.15) is 0 Å². The van der Waals surface area contributed by atoms with Crippen LogP contribution in [0.3, 0.4) is 0 Å². The minimum Gasteiger partial charge on any atom is -0.311 e. The predicted molar refractivity (Wildman–Crippen MR) is 69.9 cm³/mol. The number of hydrogen-bond donors (Lipinski definition) is 1. The van der Waals surface area contributed by atoms with Gasteiger partial charge >= 0.3 is 0 Å². The van der Waals surface area contributed by atoms with Crippen LogP contribution in [0, 0.1) is 23.7 Å². The van der Waals surface area contributed by atoms with Crippen LogP contribution in [-0.2, 0) is 0 Å². The molecule has 0 amide bonds. The molecule has 4 rings (SSSR count). The molecule has 7 atom stereocenters. The van der Waals surface area contributed by atoms with E-state index in [2.05, 4.69) is 24.1 Å². The molecular weight excluding hydrogens is 208 g/mol. The Morgan fingerprint density at radius 1 is 1.18 bits per heavy atom. The van der Waals surface area contributed by atoms with Gasteiger partial charge in [0.05, 0.1) is 0 Å². The average Bonchev–Trinajstić information content (AvgIpc) is 2.92. The summed E-state index contributed by atoms with van der Waals surface area (Å²) in [6.45, 7) is 9.08. The predicted octanol–water partition coefficient (Wildman–Crippen LogP) is 2.10. The summed E-state index contributed by atoms with van der Waals surface area (Å²) >= 11 is 0. The zero-order chi connectivity index (χ0) is 11.6. The lowest BCUT2D eigenvalue weighted by molar-refractivity contribution is 0.118. The molecule has 1 saturated carbocycles. The third-order valence-electron chi connectivity index (χ3n) is 6.47. The molecule has 1 aliphatic carbocycles. The van der Waals surface area contributed by atoms with Crippen LogP contribution in [0.5, 0.6) is 0 Å². The van der Waals surface area contributed by atoms with Crippen LogP contribution in [0.15, 0.2) is 0 Å². The second kappa shape index (κ2) is 3.48. The summed E-state index contributed by atoms with van der Waals surface area (Å²) in [4.78, 5) is 2.84. The Balaban J connectivity index is 1.60. The highest BCUT2D eigenvalue weighted by Crippen LogP contribution is 2.52. The van der Waals surface area contributed by atoms with Gasteiger partial charge in [0, 0.05) is 18.1 Å². The lowest BCUT2D eigenvalue weighted by Crippen LogP contribution is -2.43. The fraction of sp³-hybridized carbons (Fsp3) is 1.00. The van der Waals surface area contributed by atoms with Crippen molar-refractivity contribution in [2.75, 3.05) is 19.6 Å². The Morgan fingerprint density at radius 2 is 2.06 bits per heavy atom. The van der Waals surface area contributed by atoms with Gasteiger partial charge in [0.15, 0.2) is 0 Å². The molecule has 0 spiro atoms. The lowest BCUT2D eigenvalue weighted by Gasteiger charge is -2.37. The van der Waals surface area contributed by atoms with Crippen molar-refractivity contribution in [1.82, 2.24) is 10.2 Å². The number of nitrogens with zero attached hydrogens (tertiary/aromatic N) is 1. The van der Waals surface area contributed by atoms with Gasteiger partial charge in [0.1, 0.15) is 0 Å². The van der Waals surface area contributed by atoms with E-state index in [9.17, 15) is 0 Å². The number of hydrogen-bond acceptors (Lipinski definition) is 2. The summed E-state index contributed by atoms with van der Waals surface area (Å²) in [7, 11) is 0. The first-order valence-corrected chi connectivity index (χ1v) is 7.65. The van der Waals surface area contributed by atoms with Crippen molar-refractivity contribution in [1.29, 1.82) is 0 Å². The highest BCUT2D eigenvalue weighted by atomic mass is 15.2. The Morgan fingerprint density at radius 3 is 2.76 bits per heavy atom. The van der Waals surface area contributed by atoms with Crippen molar-refractivity contribution in [3.63, 3.8) is 0 Å². The molecule has 7 unspecified atom stereocenters. The number of fused-ring (bicyclic) bond motifs is 4. The van der Waals surface area contributed by atoms with Gasteiger partial charge in [-0.15, -0.1) is 0 Å². The maximum Gasteiger partial charge on any atom is 0.0159 e. The summed E-state index contributed by atoms with van der Waals surface area (Å²) in [5.41, 5.74) is 0.482. The molecule has 4 aliphatic rings. The van der Waals surface area contributed by atoms with Gasteiger partial charge in [0.2, 0.25) is 0 Å². The van der Waals surface area contributed by atoms with Crippen LogP contribution in [0.1, 0.15) is 39.5 Å². The Labute approximate surface area is 105 Å². The van der Waals surface area contributed by atoms with Crippen molar-refractivity contribution in [2.24, 2.45) is 23.7 Å². The summed E-state index contributed by atoms with van der Waals surface area (Å²) in [5.74, 6) is 4.02. The van der Waals surface area contributed by atoms with E-state index in [4.69, 9.17) is 0 Å². The van der Waals surface area contributed by atoms with E-state index in [1.165, 1.54) is 45.3 Å². The molecule has 17 heavy (non-hydrogen) atoms. The van der Waals surface area contributed by atoms with E-state index < -0.39 is 0 Å². The smallest absolute Gasteiger partial charge is 0.0159 e. The van der Waals surface area contributed by atoms with Crippen LogP contribution in [0.2, 0.25) is 0 Å². The van der Waals surface area contributed by atoms with Crippen LogP contribution < -0.4 is 5.32 Å². The molecule has 3 aliphatic heterocycles. The van der Waals surface area contributed by atoms with Crippen molar-refractivity contribution in [2.45, 2.75) is 51.1 Å². The van der Waals surface area contributed by atoms with Crippen LogP contribution in [0.25, 0.3) is 0 Å². The third-order valence-corrected chi connectivity index (χ3v) is 6.47. The molecular formula is C15H26N2. The average molecular weight is 234 g/mol. The zero-order valence-electron chi connectivity index (χ0n) is 11.3. The maximum atomic E-state index is 3.78. The zero-order valence-corrected chi connectivity index (χ0v) is 11.3. The topological polar surface area (TPSA) is 15.3 Å². The first-order chi connectivity index (χ1) is 8.16. The fourth-order valence-corrected chi connectivity index (χ4v) is 5.71. The highest BCUT2D eigenvalue weighted by molar-refractivity contribution is 5.09. The SMILES string of the molecule is CC1C2CCN(C2)C1C1CC2(C)CC1CCN2. The molecule has 3 saturated heterocycles. The van der Waals surface area contributed by atoms with E-state index in [-0.39, 0.29) is 0 Å². The molecule has 96 valence electrons. The van der Waals surface area contributed by atoms with Gasteiger partial charge in [0.25, 0.3) is 0 Å². The van der Waals surface area contributed by atoms with Crippen LogP contribution >= 0.6 is 0 Å². The van der Waals surface area contributed by atoms with E-state index in [0.717, 1.165) is 29.7 Å². The Kier molecular flexibility index (Phi) is 2.21. The Hall–Kier alpha value is -0.0800. The van der Waals surface area contributed by atoms with Gasteiger partial charge in [-0.1, -0.05) is 6.92 Å². The van der Waals surface area contributed by atoms with Crippen molar-refractivity contribution in [3.8, 4) is 0 Å². The Bertz CT molecular complexity index is 327. The second-order valence-electron chi connectivity index (χ2n) is 7.50. The molecule has 2 nitrogen and oxygen atoms in total. The van der Waals surface area contributed by atoms with Gasteiger partial charge in [-0.25, -0.2) is 0 Å². The van der Waals surface area contributed by atoms with Crippen molar-refractivity contribution < 1.29 is 0 Å². The molecule has 4 bridgehead atoms. The van der Waals surface area contributed by atoms with E-state index in [0.29, 0.717) is 5.54 Å². The number of piperidine rings is 2. The normalized spacial score (nSPS) is 61.1. The molecule has 0 aromatic rings. The number of nitrogens with one attached hydrogen (secondary N) is 1. The van der Waals surface area contributed by atoms with E-state index in [1.807, 2.05) is 0 Å². The molecule has 0 radical (unpaired) electrons. The standard InChI is InChI=1S/C15H26N2/c1-10-12-4-6-17(9-12)14(10)13-8-15(2)7-11(13)3-5-16-15/h10-14,16H,3-9H2,1-2H3. The van der Waals surface area contributed by atoms with E-state index >= 15 is 0 Å². The molecule has 0 aromatic heterocycles. The quantitative estimate of drug-likeness (QED) is 0.747. The molecule has 3 heterocycles. The maximum absolute atomic E-state index is 3.78. The fourth-order valence-electron chi connectivity index (χ4n) is 5.71. The van der Waals surface area contributed by atoms with Crippen LogP contribution in [0.4, 0.5) is 0 Å². The van der Waals surface area contributed by atoms with Crippen LogP contribution in [-0.4, -0.2) is 36.1 Å². The van der Waals surface area contributed by atoms with Crippen molar-refractivity contribution >= 4 is 0 Å². The van der Waals surface area contributed by atoms with Gasteiger partial charge < -0.3 is 5.32 Å². The molecule has 0 aromatic carbocycles. The summed E-state index contributed by atoms with van der Waals surface area (Å²) in [6.07, 6.45) is 5.79. The highest BCUT2D eigenvalue weighted by Gasteiger charge is 2.54. The second-order valence-corrected chi connectivity index (χ2v) is 7.50. The molecule has 1 N–H and O–H groups in total. The first kappa shape index (κ1) is 10.8. The molecule has 4 fully saturated rings. The first-order valence-electron chi connectivity index (χ1n) is 7.65. The summed E-state index contributed by atoms with van der Waals surface area (Å²) in [5, 5.41) is 3.78. The lowest BCUT2D eigenvalue weighted by atomic mass is 9.77. The van der Waals surface area contributed by atoms with Crippen molar-refractivity contribution in [3.05, 3.63) is 0 Å². The third kappa shape index (κ3) is 1.46. The largest absolute Gasteiger partial charge is 0.311 e.